The van der Waals surface area contributed by atoms with Crippen LogP contribution in [0.3, 0.4) is 0 Å². The molecular weight excluding hydrogens is 311 g/mol. The summed E-state index contributed by atoms with van der Waals surface area (Å²) in [5, 5.41) is 2.19. The van der Waals surface area contributed by atoms with Gasteiger partial charge in [0, 0.05) is 10.0 Å². The molecule has 1 heterocycles. The summed E-state index contributed by atoms with van der Waals surface area (Å²) in [5.74, 6) is 0. The van der Waals surface area contributed by atoms with E-state index in [1.54, 1.807) is 17.4 Å². The Kier molecular flexibility index (Phi) is 3.94. The number of thiazole rings is 1. The number of para-hydroxylation sites is 1. The minimum atomic E-state index is -0.151. The van der Waals surface area contributed by atoms with Crippen LogP contribution in [0, 0.1) is 0 Å². The van der Waals surface area contributed by atoms with Crippen LogP contribution in [-0.2, 0) is 6.42 Å². The molecule has 0 aliphatic rings. The summed E-state index contributed by atoms with van der Waals surface area (Å²) in [5.41, 5.74) is 8.27. The van der Waals surface area contributed by atoms with Crippen LogP contribution >= 0.6 is 34.5 Å². The van der Waals surface area contributed by atoms with Crippen LogP contribution in [0.2, 0.25) is 10.0 Å². The Labute approximate surface area is 131 Å². The highest BCUT2D eigenvalue weighted by Gasteiger charge is 2.13. The predicted molar refractivity (Wildman–Crippen MR) is 86.7 cm³/mol. The number of hydrogen-bond donors (Lipinski definition) is 1. The first-order valence-corrected chi connectivity index (χ1v) is 7.75. The first-order chi connectivity index (χ1) is 9.61. The molecule has 0 fully saturated rings. The SMILES string of the molecule is NC(Cc1cc(Cl)cc(Cl)c1)c1nc2ccccc2s1. The number of aromatic nitrogens is 1. The van der Waals surface area contributed by atoms with E-state index in [0.29, 0.717) is 16.5 Å². The lowest BCUT2D eigenvalue weighted by molar-refractivity contribution is 0.717. The molecule has 0 spiro atoms. The molecule has 0 radical (unpaired) electrons. The Hall–Kier alpha value is -1.13. The van der Waals surface area contributed by atoms with Crippen LogP contribution in [0.25, 0.3) is 10.2 Å². The molecule has 0 aliphatic carbocycles. The van der Waals surface area contributed by atoms with Gasteiger partial charge in [0.15, 0.2) is 0 Å². The number of halogens is 2. The molecule has 1 unspecified atom stereocenters. The molecule has 1 atom stereocenters. The van der Waals surface area contributed by atoms with Gasteiger partial charge in [-0.25, -0.2) is 4.98 Å². The number of nitrogens with zero attached hydrogens (tertiary/aromatic N) is 1. The Morgan fingerprint density at radius 3 is 2.50 bits per heavy atom. The van der Waals surface area contributed by atoms with E-state index in [1.165, 1.54) is 0 Å². The number of benzene rings is 2. The summed E-state index contributed by atoms with van der Waals surface area (Å²) in [7, 11) is 0. The van der Waals surface area contributed by atoms with E-state index < -0.39 is 0 Å². The summed E-state index contributed by atoms with van der Waals surface area (Å²) in [6.45, 7) is 0. The van der Waals surface area contributed by atoms with Crippen LogP contribution in [0.4, 0.5) is 0 Å². The quantitative estimate of drug-likeness (QED) is 0.748. The Morgan fingerprint density at radius 1 is 1.10 bits per heavy atom. The third-order valence-electron chi connectivity index (χ3n) is 3.01. The smallest absolute Gasteiger partial charge is 0.111 e. The maximum atomic E-state index is 6.25. The average molecular weight is 323 g/mol. The second-order valence-electron chi connectivity index (χ2n) is 4.61. The van der Waals surface area contributed by atoms with E-state index in [2.05, 4.69) is 11.1 Å². The molecule has 0 aliphatic heterocycles. The minimum Gasteiger partial charge on any atom is -0.322 e. The fourth-order valence-electron chi connectivity index (χ4n) is 2.12. The molecule has 3 rings (SSSR count). The van der Waals surface area contributed by atoms with Gasteiger partial charge in [0.1, 0.15) is 5.01 Å². The van der Waals surface area contributed by atoms with E-state index in [4.69, 9.17) is 28.9 Å². The summed E-state index contributed by atoms with van der Waals surface area (Å²) in [4.78, 5) is 4.58. The Balaban J connectivity index is 1.86. The van der Waals surface area contributed by atoms with Crippen molar-refractivity contribution < 1.29 is 0 Å². The zero-order chi connectivity index (χ0) is 14.1. The number of fused-ring (bicyclic) bond motifs is 1. The normalized spacial score (nSPS) is 12.8. The summed E-state index contributed by atoms with van der Waals surface area (Å²) in [6, 6.07) is 13.4. The highest BCUT2D eigenvalue weighted by molar-refractivity contribution is 7.18. The van der Waals surface area contributed by atoms with Gasteiger partial charge < -0.3 is 5.73 Å². The van der Waals surface area contributed by atoms with Gasteiger partial charge in [-0.3, -0.25) is 0 Å². The molecule has 2 nitrogen and oxygen atoms in total. The summed E-state index contributed by atoms with van der Waals surface area (Å²) < 4.78 is 1.15. The van der Waals surface area contributed by atoms with E-state index in [9.17, 15) is 0 Å². The van der Waals surface area contributed by atoms with E-state index in [1.807, 2.05) is 30.3 Å². The molecule has 2 N–H and O–H groups in total. The van der Waals surface area contributed by atoms with E-state index >= 15 is 0 Å². The van der Waals surface area contributed by atoms with Crippen molar-refractivity contribution in [2.45, 2.75) is 12.5 Å². The highest BCUT2D eigenvalue weighted by Crippen LogP contribution is 2.28. The third kappa shape index (κ3) is 2.96. The number of hydrogen-bond acceptors (Lipinski definition) is 3. The molecule has 2 aromatic carbocycles. The molecule has 1 aromatic heterocycles. The summed E-state index contributed by atoms with van der Waals surface area (Å²) >= 11 is 13.6. The van der Waals surface area contributed by atoms with Gasteiger partial charge in [-0.1, -0.05) is 35.3 Å². The molecule has 20 heavy (non-hydrogen) atoms. The van der Waals surface area contributed by atoms with Gasteiger partial charge in [0.05, 0.1) is 16.3 Å². The van der Waals surface area contributed by atoms with Crippen LogP contribution in [-0.4, -0.2) is 4.98 Å². The van der Waals surface area contributed by atoms with Crippen LogP contribution in [0.1, 0.15) is 16.6 Å². The van der Waals surface area contributed by atoms with Crippen molar-refractivity contribution in [1.82, 2.24) is 4.98 Å². The van der Waals surface area contributed by atoms with Gasteiger partial charge in [-0.05, 0) is 42.3 Å². The summed E-state index contributed by atoms with van der Waals surface area (Å²) in [6.07, 6.45) is 0.667. The van der Waals surface area contributed by atoms with Gasteiger partial charge in [-0.15, -0.1) is 11.3 Å². The molecule has 0 bridgehead atoms. The van der Waals surface area contributed by atoms with E-state index in [0.717, 1.165) is 20.8 Å². The van der Waals surface area contributed by atoms with Gasteiger partial charge in [0.25, 0.3) is 0 Å². The molecule has 0 saturated heterocycles. The second kappa shape index (κ2) is 5.70. The zero-order valence-electron chi connectivity index (χ0n) is 10.5. The van der Waals surface area contributed by atoms with Gasteiger partial charge in [-0.2, -0.15) is 0 Å². The lowest BCUT2D eigenvalue weighted by Gasteiger charge is -2.09. The van der Waals surface area contributed by atoms with Crippen molar-refractivity contribution >= 4 is 44.8 Å². The topological polar surface area (TPSA) is 38.9 Å². The van der Waals surface area contributed by atoms with Crippen molar-refractivity contribution in [3.05, 3.63) is 63.1 Å². The van der Waals surface area contributed by atoms with Crippen LogP contribution < -0.4 is 5.73 Å². The largest absolute Gasteiger partial charge is 0.322 e. The van der Waals surface area contributed by atoms with Crippen molar-refractivity contribution in [3.63, 3.8) is 0 Å². The molecule has 3 aromatic rings. The van der Waals surface area contributed by atoms with E-state index in [-0.39, 0.29) is 6.04 Å². The first-order valence-electron chi connectivity index (χ1n) is 6.18. The maximum absolute atomic E-state index is 6.25. The maximum Gasteiger partial charge on any atom is 0.111 e. The van der Waals surface area contributed by atoms with Crippen molar-refractivity contribution in [3.8, 4) is 0 Å². The zero-order valence-corrected chi connectivity index (χ0v) is 12.8. The number of nitrogens with two attached hydrogens (primary N) is 1. The first kappa shape index (κ1) is 13.8. The second-order valence-corrected chi connectivity index (χ2v) is 6.54. The van der Waals surface area contributed by atoms with Crippen molar-refractivity contribution in [2.75, 3.05) is 0 Å². The predicted octanol–water partition coefficient (Wildman–Crippen LogP) is 4.85. The highest BCUT2D eigenvalue weighted by atomic mass is 35.5. The molecule has 0 amide bonds. The monoisotopic (exact) mass is 322 g/mol. The fraction of sp³-hybridized carbons (Fsp3) is 0.133. The van der Waals surface area contributed by atoms with Crippen molar-refractivity contribution in [2.24, 2.45) is 5.73 Å². The Bertz CT molecular complexity index is 701. The van der Waals surface area contributed by atoms with Crippen LogP contribution in [0.15, 0.2) is 42.5 Å². The standard InChI is InChI=1S/C15H12Cl2N2S/c16-10-5-9(6-11(17)8-10)7-12(18)15-19-13-3-1-2-4-14(13)20-15/h1-6,8,12H,7,18H2. The molecular formula is C15H12Cl2N2S. The minimum absolute atomic E-state index is 0.151. The fourth-order valence-corrected chi connectivity index (χ4v) is 3.66. The van der Waals surface area contributed by atoms with Gasteiger partial charge in [0.2, 0.25) is 0 Å². The third-order valence-corrected chi connectivity index (χ3v) is 4.61. The molecule has 0 saturated carbocycles. The van der Waals surface area contributed by atoms with Crippen LogP contribution in [0.5, 0.6) is 0 Å². The van der Waals surface area contributed by atoms with Gasteiger partial charge >= 0.3 is 0 Å². The van der Waals surface area contributed by atoms with Crippen molar-refractivity contribution in [1.29, 1.82) is 0 Å². The average Bonchev–Trinajstić information content (AvgIpc) is 2.81. The Morgan fingerprint density at radius 2 is 1.80 bits per heavy atom. The lowest BCUT2D eigenvalue weighted by atomic mass is 10.1. The lowest BCUT2D eigenvalue weighted by Crippen LogP contribution is -2.12. The number of rotatable bonds is 3. The molecule has 5 heteroatoms. The molecule has 102 valence electrons.